The van der Waals surface area contributed by atoms with Crippen LogP contribution >= 0.6 is 15.9 Å². The van der Waals surface area contributed by atoms with Gasteiger partial charge in [0.25, 0.3) is 0 Å². The van der Waals surface area contributed by atoms with Gasteiger partial charge in [0.2, 0.25) is 0 Å². The van der Waals surface area contributed by atoms with E-state index in [1.165, 1.54) is 17.7 Å². The summed E-state index contributed by atoms with van der Waals surface area (Å²) in [4.78, 5) is 0. The van der Waals surface area contributed by atoms with E-state index in [9.17, 15) is 4.39 Å². The van der Waals surface area contributed by atoms with Gasteiger partial charge in [-0.05, 0) is 30.2 Å². The van der Waals surface area contributed by atoms with Gasteiger partial charge in [0, 0.05) is 4.47 Å². The smallest absolute Gasteiger partial charge is 0.124 e. The van der Waals surface area contributed by atoms with Crippen molar-refractivity contribution in [3.8, 4) is 0 Å². The highest BCUT2D eigenvalue weighted by atomic mass is 79.9. The molecule has 2 aromatic rings. The second-order valence-corrected chi connectivity index (χ2v) is 5.03. The molecule has 0 spiro atoms. The third-order valence-electron chi connectivity index (χ3n) is 2.85. The third kappa shape index (κ3) is 2.77. The highest BCUT2D eigenvalue weighted by Crippen LogP contribution is 2.28. The topological polar surface area (TPSA) is 38.0 Å². The van der Waals surface area contributed by atoms with Crippen molar-refractivity contribution in [1.82, 2.24) is 5.43 Å². The van der Waals surface area contributed by atoms with Crippen LogP contribution in [0, 0.1) is 12.7 Å². The third-order valence-corrected chi connectivity index (χ3v) is 3.54. The van der Waals surface area contributed by atoms with E-state index in [1.807, 2.05) is 31.2 Å². The van der Waals surface area contributed by atoms with Crippen LogP contribution in [0.1, 0.15) is 22.7 Å². The lowest BCUT2D eigenvalue weighted by molar-refractivity contribution is 0.613. The number of hydrogen-bond donors (Lipinski definition) is 2. The summed E-state index contributed by atoms with van der Waals surface area (Å²) in [5.41, 5.74) is 5.89. The van der Waals surface area contributed by atoms with Gasteiger partial charge in [-0.1, -0.05) is 51.8 Å². The molecule has 1 atom stereocenters. The largest absolute Gasteiger partial charge is 0.271 e. The molecule has 2 rings (SSSR count). The molecule has 2 nitrogen and oxygen atoms in total. The van der Waals surface area contributed by atoms with Gasteiger partial charge >= 0.3 is 0 Å². The van der Waals surface area contributed by atoms with Crippen LogP contribution in [0.15, 0.2) is 46.9 Å². The minimum Gasteiger partial charge on any atom is -0.271 e. The molecule has 0 saturated carbocycles. The summed E-state index contributed by atoms with van der Waals surface area (Å²) in [7, 11) is 0. The number of nitrogens with two attached hydrogens (primary N) is 1. The summed E-state index contributed by atoms with van der Waals surface area (Å²) >= 11 is 3.36. The zero-order chi connectivity index (χ0) is 13.1. The van der Waals surface area contributed by atoms with Crippen LogP contribution in [0.2, 0.25) is 0 Å². The predicted molar refractivity (Wildman–Crippen MR) is 74.4 cm³/mol. The highest BCUT2D eigenvalue weighted by Gasteiger charge is 2.15. The first kappa shape index (κ1) is 13.2. The lowest BCUT2D eigenvalue weighted by atomic mass is 9.98. The first-order valence-corrected chi connectivity index (χ1v) is 6.39. The number of nitrogens with one attached hydrogen (secondary N) is 1. The molecular weight excluding hydrogens is 295 g/mol. The molecule has 0 bridgehead atoms. The van der Waals surface area contributed by atoms with Gasteiger partial charge in [-0.3, -0.25) is 5.84 Å². The SMILES string of the molecule is Cc1ccc(C(NN)c2ccc(F)cc2Br)cc1. The van der Waals surface area contributed by atoms with Gasteiger partial charge in [-0.25, -0.2) is 9.82 Å². The van der Waals surface area contributed by atoms with Crippen molar-refractivity contribution in [2.45, 2.75) is 13.0 Å². The summed E-state index contributed by atoms with van der Waals surface area (Å²) in [6.45, 7) is 2.03. The van der Waals surface area contributed by atoms with Gasteiger partial charge in [0.05, 0.1) is 6.04 Å². The van der Waals surface area contributed by atoms with Crippen LogP contribution in [0.4, 0.5) is 4.39 Å². The first-order chi connectivity index (χ1) is 8.61. The quantitative estimate of drug-likeness (QED) is 0.673. The zero-order valence-corrected chi connectivity index (χ0v) is 11.5. The van der Waals surface area contributed by atoms with Crippen LogP contribution < -0.4 is 11.3 Å². The first-order valence-electron chi connectivity index (χ1n) is 5.59. The van der Waals surface area contributed by atoms with Crippen molar-refractivity contribution in [2.75, 3.05) is 0 Å². The van der Waals surface area contributed by atoms with Crippen molar-refractivity contribution >= 4 is 15.9 Å². The highest BCUT2D eigenvalue weighted by molar-refractivity contribution is 9.10. The van der Waals surface area contributed by atoms with E-state index in [0.29, 0.717) is 4.47 Å². The predicted octanol–water partition coefficient (Wildman–Crippen LogP) is 3.45. The number of rotatable bonds is 3. The van der Waals surface area contributed by atoms with E-state index in [4.69, 9.17) is 5.84 Å². The second kappa shape index (κ2) is 5.61. The van der Waals surface area contributed by atoms with Crippen LogP contribution in [0.5, 0.6) is 0 Å². The summed E-state index contributed by atoms with van der Waals surface area (Å²) in [5.74, 6) is 5.34. The Morgan fingerprint density at radius 1 is 1.17 bits per heavy atom. The molecule has 3 N–H and O–H groups in total. The zero-order valence-electron chi connectivity index (χ0n) is 9.95. The fourth-order valence-electron chi connectivity index (χ4n) is 1.86. The Labute approximate surface area is 114 Å². The molecule has 0 aromatic heterocycles. The lowest BCUT2D eigenvalue weighted by Gasteiger charge is -2.18. The molecule has 94 valence electrons. The maximum atomic E-state index is 13.1. The fourth-order valence-corrected chi connectivity index (χ4v) is 2.44. The maximum absolute atomic E-state index is 13.1. The fraction of sp³-hybridized carbons (Fsp3) is 0.143. The Bertz CT molecular complexity index is 540. The molecule has 0 aliphatic heterocycles. The van der Waals surface area contributed by atoms with Crippen LogP contribution in [0.25, 0.3) is 0 Å². The molecule has 0 saturated heterocycles. The molecular formula is C14H14BrFN2. The Hall–Kier alpha value is -1.23. The average Bonchev–Trinajstić information content (AvgIpc) is 2.35. The van der Waals surface area contributed by atoms with Crippen LogP contribution in [-0.2, 0) is 0 Å². The minimum atomic E-state index is -0.273. The number of aryl methyl sites for hydroxylation is 1. The summed E-state index contributed by atoms with van der Waals surface area (Å²) in [5, 5.41) is 0. The van der Waals surface area contributed by atoms with Gasteiger partial charge in [-0.2, -0.15) is 0 Å². The molecule has 0 fully saturated rings. The van der Waals surface area contributed by atoms with Crippen molar-refractivity contribution in [1.29, 1.82) is 0 Å². The molecule has 1 unspecified atom stereocenters. The number of benzene rings is 2. The Morgan fingerprint density at radius 3 is 2.39 bits per heavy atom. The molecule has 0 amide bonds. The number of halogens is 2. The van der Waals surface area contributed by atoms with Crippen molar-refractivity contribution in [3.63, 3.8) is 0 Å². The average molecular weight is 309 g/mol. The summed E-state index contributed by atoms with van der Waals surface area (Å²) < 4.78 is 13.8. The summed E-state index contributed by atoms with van der Waals surface area (Å²) in [6, 6.07) is 12.5. The van der Waals surface area contributed by atoms with Crippen molar-refractivity contribution in [2.24, 2.45) is 5.84 Å². The Balaban J connectivity index is 2.41. The standard InChI is InChI=1S/C14H14BrFN2/c1-9-2-4-10(5-3-9)14(18-17)12-7-6-11(16)8-13(12)15/h2-8,14,18H,17H2,1H3. The van der Waals surface area contributed by atoms with Crippen LogP contribution in [-0.4, -0.2) is 0 Å². The minimum absolute atomic E-state index is 0.166. The lowest BCUT2D eigenvalue weighted by Crippen LogP contribution is -2.29. The van der Waals surface area contributed by atoms with Gasteiger partial charge in [0.1, 0.15) is 5.82 Å². The number of hydrazine groups is 1. The van der Waals surface area contributed by atoms with E-state index < -0.39 is 0 Å². The van der Waals surface area contributed by atoms with Gasteiger partial charge in [-0.15, -0.1) is 0 Å². The van der Waals surface area contributed by atoms with E-state index >= 15 is 0 Å². The van der Waals surface area contributed by atoms with Gasteiger partial charge in [0.15, 0.2) is 0 Å². The van der Waals surface area contributed by atoms with Gasteiger partial charge < -0.3 is 0 Å². The monoisotopic (exact) mass is 308 g/mol. The van der Waals surface area contributed by atoms with Crippen LogP contribution in [0.3, 0.4) is 0 Å². The Kier molecular flexibility index (Phi) is 4.11. The van der Waals surface area contributed by atoms with Crippen molar-refractivity contribution < 1.29 is 4.39 Å². The van der Waals surface area contributed by atoms with E-state index in [1.54, 1.807) is 6.07 Å². The van der Waals surface area contributed by atoms with E-state index in [-0.39, 0.29) is 11.9 Å². The second-order valence-electron chi connectivity index (χ2n) is 4.18. The molecule has 0 aliphatic carbocycles. The molecule has 0 aliphatic rings. The normalized spacial score (nSPS) is 12.4. The molecule has 4 heteroatoms. The molecule has 2 aromatic carbocycles. The number of hydrogen-bond acceptors (Lipinski definition) is 2. The van der Waals surface area contributed by atoms with E-state index in [0.717, 1.165) is 11.1 Å². The summed E-state index contributed by atoms with van der Waals surface area (Å²) in [6.07, 6.45) is 0. The maximum Gasteiger partial charge on any atom is 0.124 e. The van der Waals surface area contributed by atoms with E-state index in [2.05, 4.69) is 21.4 Å². The van der Waals surface area contributed by atoms with Crippen molar-refractivity contribution in [3.05, 3.63) is 69.4 Å². The molecule has 18 heavy (non-hydrogen) atoms. The molecule has 0 radical (unpaired) electrons. The Morgan fingerprint density at radius 2 is 1.83 bits per heavy atom. The molecule has 0 heterocycles.